The van der Waals surface area contributed by atoms with E-state index in [1.165, 1.54) is 11.0 Å². The van der Waals surface area contributed by atoms with E-state index in [4.69, 9.17) is 0 Å². The number of amides is 4. The first-order valence-corrected chi connectivity index (χ1v) is 18.9. The lowest BCUT2D eigenvalue weighted by Gasteiger charge is -2.44. The molecule has 0 aromatic heterocycles. The second-order valence-corrected chi connectivity index (χ2v) is 14.6. The highest BCUT2D eigenvalue weighted by Gasteiger charge is 2.45. The van der Waals surface area contributed by atoms with Crippen LogP contribution in [0.4, 0.5) is 8.78 Å². The van der Waals surface area contributed by atoms with Crippen LogP contribution in [0, 0.1) is 24.5 Å². The van der Waals surface area contributed by atoms with E-state index < -0.39 is 41.6 Å². The van der Waals surface area contributed by atoms with Crippen molar-refractivity contribution in [3.05, 3.63) is 106 Å². The second kappa shape index (κ2) is 18.4. The maximum absolute atomic E-state index is 14.4. The second-order valence-electron chi connectivity index (χ2n) is 14.6. The maximum Gasteiger partial charge on any atom is 0.253 e. The van der Waals surface area contributed by atoms with Gasteiger partial charge >= 0.3 is 0 Å². The lowest BCUT2D eigenvalue weighted by atomic mass is 9.91. The SMILES string of the molecule is CCCN(CCC)C(=O)c1cc(C)cc(C(=O)N[C@@H](Cc2cc(F)cc(F)c2)[C@H](O)C2C(=O)N(Cc3ccccc3)CCN2C(=O)CC2CCCC2)c1. The molecule has 3 atom stereocenters. The fourth-order valence-corrected chi connectivity index (χ4v) is 7.73. The molecule has 9 nitrogen and oxygen atoms in total. The van der Waals surface area contributed by atoms with E-state index in [-0.39, 0.29) is 61.3 Å². The molecule has 2 aliphatic rings. The van der Waals surface area contributed by atoms with Gasteiger partial charge in [-0.3, -0.25) is 19.2 Å². The zero-order valence-electron chi connectivity index (χ0n) is 31.0. The number of halogens is 2. The third-order valence-corrected chi connectivity index (χ3v) is 10.3. The Balaban J connectivity index is 1.49. The number of rotatable bonds is 15. The lowest BCUT2D eigenvalue weighted by molar-refractivity contribution is -0.159. The summed E-state index contributed by atoms with van der Waals surface area (Å²) in [5, 5.41) is 15.1. The summed E-state index contributed by atoms with van der Waals surface area (Å²) in [4.78, 5) is 60.6. The van der Waals surface area contributed by atoms with Crippen LogP contribution in [0.15, 0.2) is 66.7 Å². The summed E-state index contributed by atoms with van der Waals surface area (Å²) >= 11 is 0. The van der Waals surface area contributed by atoms with Crippen molar-refractivity contribution < 1.29 is 33.1 Å². The molecule has 2 N–H and O–H groups in total. The van der Waals surface area contributed by atoms with Gasteiger partial charge in [0.15, 0.2) is 0 Å². The molecular formula is C42H52F2N4O5. The summed E-state index contributed by atoms with van der Waals surface area (Å²) in [6.45, 7) is 7.57. The zero-order valence-corrected chi connectivity index (χ0v) is 31.0. The van der Waals surface area contributed by atoms with Gasteiger partial charge < -0.3 is 25.1 Å². The minimum absolute atomic E-state index is 0.148. The molecule has 3 aromatic carbocycles. The van der Waals surface area contributed by atoms with E-state index in [9.17, 15) is 33.1 Å². The number of benzene rings is 3. The molecule has 0 radical (unpaired) electrons. The number of aliphatic hydroxyl groups is 1. The van der Waals surface area contributed by atoms with Gasteiger partial charge in [-0.05, 0) is 92.0 Å². The normalized spacial score (nSPS) is 17.5. The monoisotopic (exact) mass is 730 g/mol. The molecule has 284 valence electrons. The smallest absolute Gasteiger partial charge is 0.253 e. The van der Waals surface area contributed by atoms with Crippen molar-refractivity contribution in [1.82, 2.24) is 20.0 Å². The largest absolute Gasteiger partial charge is 0.388 e. The van der Waals surface area contributed by atoms with Crippen molar-refractivity contribution in [3.8, 4) is 0 Å². The molecule has 1 unspecified atom stereocenters. The third kappa shape index (κ3) is 10.3. The molecule has 1 saturated carbocycles. The average Bonchev–Trinajstić information content (AvgIpc) is 3.64. The molecule has 0 bridgehead atoms. The van der Waals surface area contributed by atoms with Crippen LogP contribution < -0.4 is 5.32 Å². The highest BCUT2D eigenvalue weighted by Crippen LogP contribution is 2.30. The summed E-state index contributed by atoms with van der Waals surface area (Å²) in [6.07, 6.45) is 3.80. The molecule has 1 heterocycles. The first-order valence-electron chi connectivity index (χ1n) is 18.9. The Bertz CT molecular complexity index is 1720. The van der Waals surface area contributed by atoms with Gasteiger partial charge in [0.2, 0.25) is 11.8 Å². The number of nitrogens with zero attached hydrogens (tertiary/aromatic N) is 3. The molecule has 1 aliphatic heterocycles. The summed E-state index contributed by atoms with van der Waals surface area (Å²) in [7, 11) is 0. The molecular weight excluding hydrogens is 678 g/mol. The van der Waals surface area contributed by atoms with E-state index >= 15 is 0 Å². The topological polar surface area (TPSA) is 110 Å². The number of carbonyl (C=O) groups excluding carboxylic acids is 4. The number of hydrogen-bond acceptors (Lipinski definition) is 5. The summed E-state index contributed by atoms with van der Waals surface area (Å²) in [5.74, 6) is -3.06. The Morgan fingerprint density at radius 1 is 0.887 bits per heavy atom. The Morgan fingerprint density at radius 2 is 1.53 bits per heavy atom. The van der Waals surface area contributed by atoms with E-state index in [2.05, 4.69) is 5.32 Å². The number of hydrogen-bond donors (Lipinski definition) is 2. The lowest BCUT2D eigenvalue weighted by Crippen LogP contribution is -2.66. The van der Waals surface area contributed by atoms with Crippen LogP contribution in [0.5, 0.6) is 0 Å². The van der Waals surface area contributed by atoms with Crippen LogP contribution in [-0.2, 0) is 22.6 Å². The van der Waals surface area contributed by atoms with Crippen molar-refractivity contribution >= 4 is 23.6 Å². The average molecular weight is 731 g/mol. The highest BCUT2D eigenvalue weighted by molar-refractivity contribution is 6.00. The Morgan fingerprint density at radius 3 is 2.17 bits per heavy atom. The van der Waals surface area contributed by atoms with Gasteiger partial charge in [0.1, 0.15) is 23.8 Å². The predicted octanol–water partition coefficient (Wildman–Crippen LogP) is 6.06. The number of carbonyl (C=O) groups is 4. The fraction of sp³-hybridized carbons (Fsp3) is 0.476. The van der Waals surface area contributed by atoms with Crippen LogP contribution >= 0.6 is 0 Å². The van der Waals surface area contributed by atoms with Crippen LogP contribution in [0.3, 0.4) is 0 Å². The van der Waals surface area contributed by atoms with Crippen LogP contribution in [-0.4, -0.2) is 87.8 Å². The zero-order chi connectivity index (χ0) is 38.1. The first kappa shape index (κ1) is 39.6. The van der Waals surface area contributed by atoms with Crippen LogP contribution in [0.1, 0.15) is 96.2 Å². The quantitative estimate of drug-likeness (QED) is 0.198. The number of aliphatic hydroxyl groups excluding tert-OH is 1. The Labute approximate surface area is 311 Å². The van der Waals surface area contributed by atoms with Crippen LogP contribution in [0.25, 0.3) is 0 Å². The predicted molar refractivity (Wildman–Crippen MR) is 199 cm³/mol. The highest BCUT2D eigenvalue weighted by atomic mass is 19.1. The van der Waals surface area contributed by atoms with Gasteiger partial charge in [0.05, 0.1) is 6.04 Å². The Hall–Kier alpha value is -4.64. The van der Waals surface area contributed by atoms with E-state index in [0.29, 0.717) is 24.2 Å². The van der Waals surface area contributed by atoms with Gasteiger partial charge in [-0.2, -0.15) is 0 Å². The van der Waals surface area contributed by atoms with Crippen molar-refractivity contribution in [2.45, 2.75) is 96.9 Å². The van der Waals surface area contributed by atoms with Crippen molar-refractivity contribution in [1.29, 1.82) is 0 Å². The third-order valence-electron chi connectivity index (χ3n) is 10.3. The van der Waals surface area contributed by atoms with Crippen molar-refractivity contribution in [3.63, 3.8) is 0 Å². The molecule has 2 fully saturated rings. The maximum atomic E-state index is 14.4. The molecule has 53 heavy (non-hydrogen) atoms. The number of nitrogens with one attached hydrogen (secondary N) is 1. The van der Waals surface area contributed by atoms with Crippen LogP contribution in [0.2, 0.25) is 0 Å². The van der Waals surface area contributed by atoms with Gasteiger partial charge in [-0.25, -0.2) is 8.78 Å². The summed E-state index contributed by atoms with van der Waals surface area (Å²) < 4.78 is 28.9. The Kier molecular flexibility index (Phi) is 13.7. The first-order chi connectivity index (χ1) is 25.5. The molecule has 5 rings (SSSR count). The minimum atomic E-state index is -1.65. The van der Waals surface area contributed by atoms with E-state index in [1.54, 1.807) is 28.9 Å². The molecule has 3 aromatic rings. The van der Waals surface area contributed by atoms with Gasteiger partial charge in [0, 0.05) is 56.3 Å². The minimum Gasteiger partial charge on any atom is -0.388 e. The molecule has 4 amide bonds. The summed E-state index contributed by atoms with van der Waals surface area (Å²) in [6, 6.07) is 14.6. The van der Waals surface area contributed by atoms with E-state index in [1.807, 2.05) is 44.2 Å². The fourth-order valence-electron chi connectivity index (χ4n) is 7.73. The van der Waals surface area contributed by atoms with Gasteiger partial charge in [0.25, 0.3) is 11.8 Å². The molecule has 11 heteroatoms. The standard InChI is InChI=1S/C42H52F2N4O5/c1-4-15-46(16-5-2)41(52)33-20-28(3)19-32(25-33)40(51)45-36(23-31-21-34(43)26-35(44)22-31)39(50)38-42(53)47(27-30-13-7-6-8-14-30)17-18-48(38)37(49)24-29-11-9-10-12-29/h6-8,13-14,19-22,25-26,29,36,38-39,50H,4-5,9-12,15-18,23-24,27H2,1-3H3,(H,45,51)/t36-,38?,39-/m0/s1. The van der Waals surface area contributed by atoms with E-state index in [0.717, 1.165) is 62.3 Å². The van der Waals surface area contributed by atoms with Gasteiger partial charge in [-0.1, -0.05) is 57.0 Å². The molecule has 1 saturated heterocycles. The molecule has 1 aliphatic carbocycles. The van der Waals surface area contributed by atoms with Crippen molar-refractivity contribution in [2.75, 3.05) is 26.2 Å². The molecule has 0 spiro atoms. The van der Waals surface area contributed by atoms with Gasteiger partial charge in [-0.15, -0.1) is 0 Å². The number of piperazine rings is 1. The summed E-state index contributed by atoms with van der Waals surface area (Å²) in [5.41, 5.74) is 2.18. The number of aryl methyl sites for hydroxylation is 1. The van der Waals surface area contributed by atoms with Crippen molar-refractivity contribution in [2.24, 2.45) is 5.92 Å².